The molecule has 5 heteroatoms. The Hall–Kier alpha value is -6.46. The lowest BCUT2D eigenvalue weighted by Gasteiger charge is -2.26. The third-order valence-corrected chi connectivity index (χ3v) is 12.6. The van der Waals surface area contributed by atoms with Crippen molar-refractivity contribution < 1.29 is 0 Å². The fourth-order valence-electron chi connectivity index (χ4n) is 9.66. The molecule has 0 saturated heterocycles. The van der Waals surface area contributed by atoms with Crippen LogP contribution in [0.2, 0.25) is 0 Å². The Morgan fingerprint density at radius 3 is 1.91 bits per heavy atom. The van der Waals surface area contributed by atoms with Crippen LogP contribution >= 0.6 is 0 Å². The first-order valence-electron chi connectivity index (χ1n) is 19.1. The highest BCUT2D eigenvalue weighted by molar-refractivity contribution is 6.24. The number of nitrogens with zero attached hydrogens (tertiary/aromatic N) is 4. The lowest BCUT2D eigenvalue weighted by atomic mass is 9.79. The van der Waals surface area contributed by atoms with E-state index in [0.717, 1.165) is 55.3 Å². The van der Waals surface area contributed by atoms with E-state index in [-0.39, 0.29) is 10.8 Å². The molecule has 1 aliphatic heterocycles. The number of fused-ring (bicyclic) bond motifs is 10. The largest absolute Gasteiger partial charge is 0.324 e. The zero-order valence-corrected chi connectivity index (χ0v) is 31.6. The van der Waals surface area contributed by atoms with Gasteiger partial charge in [-0.1, -0.05) is 112 Å². The molecular weight excluding hydrogens is 671 g/mol. The van der Waals surface area contributed by atoms with Crippen molar-refractivity contribution in [1.82, 2.24) is 15.3 Å². The molecule has 0 saturated carbocycles. The molecule has 3 heterocycles. The van der Waals surface area contributed by atoms with Crippen LogP contribution in [0.4, 0.5) is 0 Å². The molecule has 5 nitrogen and oxygen atoms in total. The monoisotopic (exact) mass is 709 g/mol. The molecule has 6 aromatic carbocycles. The van der Waals surface area contributed by atoms with Gasteiger partial charge in [0.1, 0.15) is 11.7 Å². The van der Waals surface area contributed by atoms with Gasteiger partial charge < -0.3 is 5.32 Å². The maximum atomic E-state index is 5.48. The van der Waals surface area contributed by atoms with Gasteiger partial charge in [0.2, 0.25) is 0 Å². The maximum absolute atomic E-state index is 5.48. The van der Waals surface area contributed by atoms with E-state index in [2.05, 4.69) is 159 Å². The van der Waals surface area contributed by atoms with E-state index in [4.69, 9.17) is 9.98 Å². The van der Waals surface area contributed by atoms with Gasteiger partial charge in [0, 0.05) is 63.1 Å². The Balaban J connectivity index is 1.14. The van der Waals surface area contributed by atoms with E-state index >= 15 is 0 Å². The lowest BCUT2D eigenvalue weighted by Crippen LogP contribution is -2.36. The van der Waals surface area contributed by atoms with Gasteiger partial charge in [0.25, 0.3) is 0 Å². The highest BCUT2D eigenvalue weighted by Gasteiger charge is 2.43. The number of aliphatic imine (C=N–C) groups is 2. The number of amidine groups is 2. The van der Waals surface area contributed by atoms with Crippen LogP contribution < -0.4 is 5.32 Å². The molecule has 55 heavy (non-hydrogen) atoms. The second-order valence-electron chi connectivity index (χ2n) is 16.4. The first-order valence-corrected chi connectivity index (χ1v) is 19.1. The second-order valence-corrected chi connectivity index (χ2v) is 16.4. The van der Waals surface area contributed by atoms with Crippen LogP contribution in [0.5, 0.6) is 0 Å². The van der Waals surface area contributed by atoms with E-state index in [9.17, 15) is 0 Å². The number of hydrogen-bond acceptors (Lipinski definition) is 5. The van der Waals surface area contributed by atoms with Crippen LogP contribution in [-0.2, 0) is 10.8 Å². The molecule has 2 aliphatic carbocycles. The normalized spacial score (nSPS) is 17.3. The molecule has 0 amide bonds. The van der Waals surface area contributed by atoms with E-state index in [1.165, 1.54) is 55.5 Å². The number of benzene rings is 6. The summed E-state index contributed by atoms with van der Waals surface area (Å²) >= 11 is 0. The number of pyridine rings is 2. The molecule has 11 rings (SSSR count). The minimum atomic E-state index is -0.489. The fraction of sp³-hybridized carbons (Fsp3) is 0.160. The van der Waals surface area contributed by atoms with E-state index in [0.29, 0.717) is 0 Å². The molecule has 2 aromatic heterocycles. The quantitative estimate of drug-likeness (QED) is 0.199. The molecule has 0 spiro atoms. The Kier molecular flexibility index (Phi) is 6.57. The Morgan fingerprint density at radius 2 is 1.11 bits per heavy atom. The Labute approximate surface area is 320 Å². The number of nitrogens with one attached hydrogen (secondary N) is 1. The topological polar surface area (TPSA) is 62.5 Å². The summed E-state index contributed by atoms with van der Waals surface area (Å²) in [4.78, 5) is 19.8. The zero-order chi connectivity index (χ0) is 37.2. The lowest BCUT2D eigenvalue weighted by molar-refractivity contribution is 0.652. The molecule has 1 unspecified atom stereocenters. The third-order valence-electron chi connectivity index (χ3n) is 12.6. The van der Waals surface area contributed by atoms with Crippen molar-refractivity contribution in [1.29, 1.82) is 0 Å². The third kappa shape index (κ3) is 4.53. The van der Waals surface area contributed by atoms with Crippen molar-refractivity contribution in [2.75, 3.05) is 0 Å². The SMILES string of the molecule is Cc1ccc2c(c1)C(C)(C)c1cc3c(cc1-2)C(C)(C)c1cc(C2=NC(c4cccc5ccncc45)N=C(c4cccc5ccncc45)N2)c2ccccc2c1-3. The summed E-state index contributed by atoms with van der Waals surface area (Å²) in [6.45, 7) is 11.7. The van der Waals surface area contributed by atoms with Crippen molar-refractivity contribution in [3.63, 3.8) is 0 Å². The Bertz CT molecular complexity index is 3030. The van der Waals surface area contributed by atoms with Crippen LogP contribution in [0, 0.1) is 6.92 Å². The van der Waals surface area contributed by atoms with Crippen molar-refractivity contribution in [3.8, 4) is 22.3 Å². The summed E-state index contributed by atoms with van der Waals surface area (Å²) in [5.41, 5.74) is 14.9. The number of rotatable bonds is 3. The van der Waals surface area contributed by atoms with Crippen molar-refractivity contribution in [3.05, 3.63) is 178 Å². The maximum Gasteiger partial charge on any atom is 0.170 e. The van der Waals surface area contributed by atoms with Gasteiger partial charge in [0.15, 0.2) is 6.17 Å². The average molecular weight is 710 g/mol. The van der Waals surface area contributed by atoms with Crippen LogP contribution in [-0.4, -0.2) is 21.6 Å². The molecule has 3 aliphatic rings. The van der Waals surface area contributed by atoms with E-state index in [1.807, 2.05) is 24.8 Å². The molecule has 1 atom stereocenters. The first kappa shape index (κ1) is 32.0. The van der Waals surface area contributed by atoms with Gasteiger partial charge in [-0.15, -0.1) is 0 Å². The van der Waals surface area contributed by atoms with Gasteiger partial charge in [-0.25, -0.2) is 9.98 Å². The molecule has 8 aromatic rings. The second kappa shape index (κ2) is 11.3. The van der Waals surface area contributed by atoms with Gasteiger partial charge in [-0.3, -0.25) is 9.97 Å². The molecule has 0 bridgehead atoms. The van der Waals surface area contributed by atoms with Crippen LogP contribution in [0.3, 0.4) is 0 Å². The minimum absolute atomic E-state index is 0.0892. The zero-order valence-electron chi connectivity index (χ0n) is 31.6. The van der Waals surface area contributed by atoms with Gasteiger partial charge in [-0.05, 0) is 103 Å². The van der Waals surface area contributed by atoms with Crippen molar-refractivity contribution in [2.45, 2.75) is 51.6 Å². The number of aromatic nitrogens is 2. The number of aryl methyl sites for hydroxylation is 1. The van der Waals surface area contributed by atoms with Gasteiger partial charge in [0.05, 0.1) is 0 Å². The Morgan fingerprint density at radius 1 is 0.491 bits per heavy atom. The van der Waals surface area contributed by atoms with Gasteiger partial charge >= 0.3 is 0 Å². The summed E-state index contributed by atoms with van der Waals surface area (Å²) in [6.07, 6.45) is 7.05. The molecule has 264 valence electrons. The first-order chi connectivity index (χ1) is 26.7. The summed E-state index contributed by atoms with van der Waals surface area (Å²) in [7, 11) is 0. The van der Waals surface area contributed by atoms with Crippen molar-refractivity contribution in [2.24, 2.45) is 9.98 Å². The summed E-state index contributed by atoms with van der Waals surface area (Å²) < 4.78 is 0. The summed E-state index contributed by atoms with van der Waals surface area (Å²) in [6, 6.07) is 40.0. The smallest absolute Gasteiger partial charge is 0.170 e. The van der Waals surface area contributed by atoms with Gasteiger partial charge in [-0.2, -0.15) is 0 Å². The standard InChI is InChI=1S/C50H39N5/c1-28-16-17-32-36-23-43-38(25-42(36)49(2,3)41(32)22-28)45-33-13-7-6-12-31(33)37(24-44(45)50(43,4)5)48-54-46(34-14-8-10-29-18-20-51-26-39(29)34)53-47(55-48)35-15-9-11-30-19-21-52-27-40(30)35/h6-27,46H,1-5H3,(H,53,54,55). The van der Waals surface area contributed by atoms with Crippen molar-refractivity contribution >= 4 is 44.0 Å². The predicted molar refractivity (Wildman–Crippen MR) is 226 cm³/mol. The predicted octanol–water partition coefficient (Wildman–Crippen LogP) is 11.4. The molecule has 0 radical (unpaired) electrons. The minimum Gasteiger partial charge on any atom is -0.324 e. The average Bonchev–Trinajstić information content (AvgIpc) is 3.57. The molecule has 1 N–H and O–H groups in total. The molecule has 0 fully saturated rings. The van der Waals surface area contributed by atoms with Crippen LogP contribution in [0.15, 0.2) is 144 Å². The highest BCUT2D eigenvalue weighted by Crippen LogP contribution is 2.57. The van der Waals surface area contributed by atoms with Crippen LogP contribution in [0.1, 0.15) is 78.4 Å². The summed E-state index contributed by atoms with van der Waals surface area (Å²) in [5, 5.41) is 10.5. The van der Waals surface area contributed by atoms with Crippen LogP contribution in [0.25, 0.3) is 54.6 Å². The highest BCUT2D eigenvalue weighted by atomic mass is 15.2. The van der Waals surface area contributed by atoms with E-state index in [1.54, 1.807) is 0 Å². The summed E-state index contributed by atoms with van der Waals surface area (Å²) in [5.74, 6) is 1.57. The fourth-order valence-corrected chi connectivity index (χ4v) is 9.66. The van der Waals surface area contributed by atoms with E-state index < -0.39 is 6.17 Å². The molecular formula is C50H39N5. The number of hydrogen-bond donors (Lipinski definition) is 1.